The fraction of sp³-hybridized carbons (Fsp3) is 0.611. The fourth-order valence-electron chi connectivity index (χ4n) is 3.28. The monoisotopic (exact) mass is 286 g/mol. The first-order valence-corrected chi connectivity index (χ1v) is 8.19. The minimum atomic E-state index is -0.417. The molecule has 3 heteroatoms. The molecule has 1 aliphatic heterocycles. The number of benzene rings is 1. The topological polar surface area (TPSA) is 32.3 Å². The minimum absolute atomic E-state index is 0.0312. The van der Waals surface area contributed by atoms with Crippen molar-refractivity contribution in [2.24, 2.45) is 5.92 Å². The standard InChI is InChI=1S/C18H26N2O/c1-4-18(3)17(21)20(12-14-6-5-7-14)16(19-18)15-10-8-13(2)9-11-15/h8-11,14,16,19H,4-7,12H2,1-3H3. The lowest BCUT2D eigenvalue weighted by atomic mass is 9.85. The molecule has 21 heavy (non-hydrogen) atoms. The normalized spacial score (nSPS) is 29.8. The molecule has 0 spiro atoms. The van der Waals surface area contributed by atoms with Crippen molar-refractivity contribution in [3.05, 3.63) is 35.4 Å². The largest absolute Gasteiger partial charge is 0.321 e. The second-order valence-corrected chi connectivity index (χ2v) is 6.90. The van der Waals surface area contributed by atoms with Crippen LogP contribution in [-0.4, -0.2) is 22.9 Å². The molecule has 0 bridgehead atoms. The Balaban J connectivity index is 1.87. The van der Waals surface area contributed by atoms with E-state index in [4.69, 9.17) is 0 Å². The van der Waals surface area contributed by atoms with Crippen LogP contribution in [0.15, 0.2) is 24.3 Å². The molecule has 2 aliphatic rings. The smallest absolute Gasteiger partial charge is 0.244 e. The van der Waals surface area contributed by atoms with Crippen LogP contribution in [-0.2, 0) is 4.79 Å². The predicted octanol–water partition coefficient (Wildman–Crippen LogP) is 3.39. The molecule has 1 saturated carbocycles. The van der Waals surface area contributed by atoms with Crippen LogP contribution in [0, 0.1) is 12.8 Å². The first kappa shape index (κ1) is 14.6. The maximum atomic E-state index is 12.8. The zero-order valence-electron chi connectivity index (χ0n) is 13.4. The second kappa shape index (κ2) is 5.45. The minimum Gasteiger partial charge on any atom is -0.321 e. The number of amides is 1. The van der Waals surface area contributed by atoms with Crippen molar-refractivity contribution in [2.75, 3.05) is 6.54 Å². The van der Waals surface area contributed by atoms with Crippen molar-refractivity contribution >= 4 is 5.91 Å². The van der Waals surface area contributed by atoms with Gasteiger partial charge in [-0.3, -0.25) is 10.1 Å². The number of hydrogen-bond acceptors (Lipinski definition) is 2. The summed E-state index contributed by atoms with van der Waals surface area (Å²) < 4.78 is 0. The van der Waals surface area contributed by atoms with E-state index in [1.165, 1.54) is 30.4 Å². The molecule has 1 aromatic carbocycles. The zero-order chi connectivity index (χ0) is 15.0. The van der Waals surface area contributed by atoms with Gasteiger partial charge in [0.15, 0.2) is 0 Å². The number of hydrogen-bond donors (Lipinski definition) is 1. The summed E-state index contributed by atoms with van der Waals surface area (Å²) >= 11 is 0. The van der Waals surface area contributed by atoms with E-state index in [9.17, 15) is 4.79 Å². The third kappa shape index (κ3) is 2.59. The van der Waals surface area contributed by atoms with E-state index in [1.54, 1.807) is 0 Å². The van der Waals surface area contributed by atoms with Gasteiger partial charge in [0.25, 0.3) is 0 Å². The summed E-state index contributed by atoms with van der Waals surface area (Å²) in [5, 5.41) is 3.58. The Bertz CT molecular complexity index is 521. The lowest BCUT2D eigenvalue weighted by Crippen LogP contribution is -2.43. The SMILES string of the molecule is CCC1(C)NC(c2ccc(C)cc2)N(CC2CCC2)C1=O. The molecule has 2 unspecified atom stereocenters. The molecule has 1 aromatic rings. The second-order valence-electron chi connectivity index (χ2n) is 6.90. The Kier molecular flexibility index (Phi) is 3.78. The van der Waals surface area contributed by atoms with Crippen molar-refractivity contribution < 1.29 is 4.79 Å². The van der Waals surface area contributed by atoms with Gasteiger partial charge >= 0.3 is 0 Å². The molecule has 114 valence electrons. The highest BCUT2D eigenvalue weighted by molar-refractivity contribution is 5.88. The highest BCUT2D eigenvalue weighted by Gasteiger charge is 2.47. The van der Waals surface area contributed by atoms with Crippen LogP contribution < -0.4 is 5.32 Å². The van der Waals surface area contributed by atoms with Gasteiger partial charge in [-0.15, -0.1) is 0 Å². The lowest BCUT2D eigenvalue weighted by Gasteiger charge is -2.33. The van der Waals surface area contributed by atoms with Gasteiger partial charge in [-0.1, -0.05) is 43.2 Å². The Morgan fingerprint density at radius 3 is 2.48 bits per heavy atom. The number of aryl methyl sites for hydroxylation is 1. The van der Waals surface area contributed by atoms with E-state index in [0.29, 0.717) is 5.92 Å². The molecule has 1 amide bonds. The molecule has 2 atom stereocenters. The van der Waals surface area contributed by atoms with Gasteiger partial charge in [-0.25, -0.2) is 0 Å². The molecule has 2 fully saturated rings. The summed E-state index contributed by atoms with van der Waals surface area (Å²) in [5.74, 6) is 0.963. The lowest BCUT2D eigenvalue weighted by molar-refractivity contribution is -0.134. The first-order valence-electron chi connectivity index (χ1n) is 8.19. The third-order valence-corrected chi connectivity index (χ3v) is 5.28. The van der Waals surface area contributed by atoms with E-state index < -0.39 is 5.54 Å². The van der Waals surface area contributed by atoms with Crippen LogP contribution in [0.2, 0.25) is 0 Å². The fourth-order valence-corrected chi connectivity index (χ4v) is 3.28. The molecule has 0 aromatic heterocycles. The van der Waals surface area contributed by atoms with Gasteiger partial charge in [0.05, 0.1) is 5.54 Å². The van der Waals surface area contributed by atoms with Crippen molar-refractivity contribution in [3.63, 3.8) is 0 Å². The summed E-state index contributed by atoms with van der Waals surface area (Å²) in [6, 6.07) is 8.56. The quantitative estimate of drug-likeness (QED) is 0.920. The van der Waals surface area contributed by atoms with Gasteiger partial charge < -0.3 is 4.90 Å². The van der Waals surface area contributed by atoms with Gasteiger partial charge in [0.1, 0.15) is 6.17 Å². The molecule has 1 aliphatic carbocycles. The Hall–Kier alpha value is -1.35. The molecule has 3 rings (SSSR count). The number of rotatable bonds is 4. The van der Waals surface area contributed by atoms with Gasteiger partial charge in [-0.05, 0) is 44.6 Å². The Morgan fingerprint density at radius 2 is 1.95 bits per heavy atom. The number of nitrogens with one attached hydrogen (secondary N) is 1. The third-order valence-electron chi connectivity index (χ3n) is 5.28. The number of carbonyl (C=O) groups excluding carboxylic acids is 1. The molecular formula is C18H26N2O. The Morgan fingerprint density at radius 1 is 1.29 bits per heavy atom. The summed E-state index contributed by atoms with van der Waals surface area (Å²) in [6.07, 6.45) is 4.72. The molecule has 1 N–H and O–H groups in total. The van der Waals surface area contributed by atoms with E-state index >= 15 is 0 Å². The van der Waals surface area contributed by atoms with E-state index in [1.807, 2.05) is 6.92 Å². The predicted molar refractivity (Wildman–Crippen MR) is 84.8 cm³/mol. The summed E-state index contributed by atoms with van der Waals surface area (Å²) in [6.45, 7) is 7.13. The van der Waals surface area contributed by atoms with E-state index in [2.05, 4.69) is 48.3 Å². The first-order chi connectivity index (χ1) is 10.0. The van der Waals surface area contributed by atoms with Crippen LogP contribution in [0.25, 0.3) is 0 Å². The number of carbonyl (C=O) groups is 1. The zero-order valence-corrected chi connectivity index (χ0v) is 13.4. The maximum Gasteiger partial charge on any atom is 0.244 e. The van der Waals surface area contributed by atoms with Crippen molar-refractivity contribution in [3.8, 4) is 0 Å². The van der Waals surface area contributed by atoms with Crippen molar-refractivity contribution in [1.82, 2.24) is 10.2 Å². The van der Waals surface area contributed by atoms with Crippen LogP contribution >= 0.6 is 0 Å². The molecular weight excluding hydrogens is 260 g/mol. The summed E-state index contributed by atoms with van der Waals surface area (Å²) in [7, 11) is 0. The van der Waals surface area contributed by atoms with Crippen LogP contribution in [0.5, 0.6) is 0 Å². The summed E-state index contributed by atoms with van der Waals surface area (Å²) in [4.78, 5) is 14.9. The molecule has 3 nitrogen and oxygen atoms in total. The highest BCUT2D eigenvalue weighted by Crippen LogP contribution is 2.36. The molecule has 1 heterocycles. The average molecular weight is 286 g/mol. The van der Waals surface area contributed by atoms with Crippen LogP contribution in [0.3, 0.4) is 0 Å². The molecule has 0 radical (unpaired) electrons. The molecule has 1 saturated heterocycles. The van der Waals surface area contributed by atoms with Crippen LogP contribution in [0.4, 0.5) is 0 Å². The van der Waals surface area contributed by atoms with Crippen molar-refractivity contribution in [2.45, 2.75) is 58.2 Å². The number of nitrogens with zero attached hydrogens (tertiary/aromatic N) is 1. The van der Waals surface area contributed by atoms with E-state index in [-0.39, 0.29) is 12.1 Å². The van der Waals surface area contributed by atoms with Gasteiger partial charge in [0, 0.05) is 6.54 Å². The highest BCUT2D eigenvalue weighted by atomic mass is 16.2. The van der Waals surface area contributed by atoms with Gasteiger partial charge in [-0.2, -0.15) is 0 Å². The van der Waals surface area contributed by atoms with E-state index in [0.717, 1.165) is 13.0 Å². The van der Waals surface area contributed by atoms with Crippen molar-refractivity contribution in [1.29, 1.82) is 0 Å². The Labute approximate surface area is 127 Å². The average Bonchev–Trinajstić information content (AvgIpc) is 2.69. The summed E-state index contributed by atoms with van der Waals surface area (Å²) in [5.41, 5.74) is 2.04. The van der Waals surface area contributed by atoms with Crippen LogP contribution in [0.1, 0.15) is 56.8 Å². The maximum absolute atomic E-state index is 12.8. The van der Waals surface area contributed by atoms with Gasteiger partial charge in [0.2, 0.25) is 5.91 Å².